The van der Waals surface area contributed by atoms with Crippen LogP contribution in [-0.2, 0) is 9.47 Å². The Morgan fingerprint density at radius 2 is 1.67 bits per heavy atom. The van der Waals surface area contributed by atoms with Gasteiger partial charge in [0.1, 0.15) is 0 Å². The van der Waals surface area contributed by atoms with E-state index < -0.39 is 11.9 Å². The Hall–Kier alpha value is -1.88. The lowest BCUT2D eigenvalue weighted by Gasteiger charge is -2.08. The summed E-state index contributed by atoms with van der Waals surface area (Å²) in [5, 5.41) is 8.60. The Bertz CT molecular complexity index is 414. The SMILES string of the molecule is CCOC(=O)c1ccccc1C(=O)OCCCO. The molecule has 0 saturated carbocycles. The Morgan fingerprint density at radius 1 is 1.11 bits per heavy atom. The number of rotatable bonds is 6. The first-order valence-corrected chi connectivity index (χ1v) is 5.74. The van der Waals surface area contributed by atoms with Gasteiger partial charge < -0.3 is 14.6 Å². The Morgan fingerprint density at radius 3 is 2.17 bits per heavy atom. The fraction of sp³-hybridized carbons (Fsp3) is 0.385. The quantitative estimate of drug-likeness (QED) is 0.612. The van der Waals surface area contributed by atoms with Crippen molar-refractivity contribution in [2.24, 2.45) is 0 Å². The van der Waals surface area contributed by atoms with E-state index >= 15 is 0 Å². The van der Waals surface area contributed by atoms with Crippen LogP contribution in [0.3, 0.4) is 0 Å². The molecule has 1 rings (SSSR count). The minimum Gasteiger partial charge on any atom is -0.462 e. The zero-order valence-corrected chi connectivity index (χ0v) is 10.2. The summed E-state index contributed by atoms with van der Waals surface area (Å²) in [6.07, 6.45) is 0.368. The lowest BCUT2D eigenvalue weighted by atomic mass is 10.1. The molecular formula is C13H16O5. The van der Waals surface area contributed by atoms with Gasteiger partial charge in [-0.1, -0.05) is 12.1 Å². The highest BCUT2D eigenvalue weighted by molar-refractivity contribution is 6.03. The highest BCUT2D eigenvalue weighted by Gasteiger charge is 2.18. The second-order valence-electron chi connectivity index (χ2n) is 3.48. The van der Waals surface area contributed by atoms with E-state index in [0.717, 1.165) is 0 Å². The molecule has 0 saturated heterocycles. The number of aliphatic hydroxyl groups excluding tert-OH is 1. The van der Waals surface area contributed by atoms with Crippen LogP contribution < -0.4 is 0 Å². The second kappa shape index (κ2) is 7.45. The molecule has 1 aromatic carbocycles. The van der Waals surface area contributed by atoms with Crippen molar-refractivity contribution in [1.82, 2.24) is 0 Å². The van der Waals surface area contributed by atoms with Crippen LogP contribution in [0, 0.1) is 0 Å². The van der Waals surface area contributed by atoms with Crippen molar-refractivity contribution < 1.29 is 24.2 Å². The summed E-state index contributed by atoms with van der Waals surface area (Å²) in [4.78, 5) is 23.4. The molecule has 0 aliphatic rings. The van der Waals surface area contributed by atoms with E-state index in [2.05, 4.69) is 0 Å². The van der Waals surface area contributed by atoms with E-state index in [-0.39, 0.29) is 30.9 Å². The molecule has 1 N–H and O–H groups in total. The number of hydrogen-bond acceptors (Lipinski definition) is 5. The van der Waals surface area contributed by atoms with Crippen LogP contribution in [0.15, 0.2) is 24.3 Å². The van der Waals surface area contributed by atoms with E-state index in [1.165, 1.54) is 12.1 Å². The van der Waals surface area contributed by atoms with Crippen molar-refractivity contribution >= 4 is 11.9 Å². The molecule has 0 aliphatic carbocycles. The van der Waals surface area contributed by atoms with Crippen LogP contribution in [0.2, 0.25) is 0 Å². The summed E-state index contributed by atoms with van der Waals surface area (Å²) in [7, 11) is 0. The third-order valence-corrected chi connectivity index (χ3v) is 2.18. The van der Waals surface area contributed by atoms with Crippen molar-refractivity contribution in [3.8, 4) is 0 Å². The van der Waals surface area contributed by atoms with Gasteiger partial charge in [0.05, 0.1) is 24.3 Å². The predicted octanol–water partition coefficient (Wildman–Crippen LogP) is 1.40. The Balaban J connectivity index is 2.81. The molecule has 0 heterocycles. The largest absolute Gasteiger partial charge is 0.462 e. The summed E-state index contributed by atoms with van der Waals surface area (Å²) in [6, 6.07) is 6.32. The van der Waals surface area contributed by atoms with E-state index in [1.54, 1.807) is 19.1 Å². The molecule has 0 radical (unpaired) electrons. The molecule has 0 bridgehead atoms. The lowest BCUT2D eigenvalue weighted by molar-refractivity contribution is 0.0451. The Labute approximate surface area is 105 Å². The average Bonchev–Trinajstić information content (AvgIpc) is 2.39. The fourth-order valence-electron chi connectivity index (χ4n) is 1.36. The number of esters is 2. The van der Waals surface area contributed by atoms with Crippen LogP contribution in [0.1, 0.15) is 34.1 Å². The fourth-order valence-corrected chi connectivity index (χ4v) is 1.36. The van der Waals surface area contributed by atoms with Crippen LogP contribution in [-0.4, -0.2) is 36.9 Å². The smallest absolute Gasteiger partial charge is 0.339 e. The highest BCUT2D eigenvalue weighted by atomic mass is 16.5. The zero-order valence-electron chi connectivity index (χ0n) is 10.2. The Kier molecular flexibility index (Phi) is 5.87. The maximum Gasteiger partial charge on any atom is 0.339 e. The molecule has 18 heavy (non-hydrogen) atoms. The molecule has 0 aliphatic heterocycles. The number of aliphatic hydroxyl groups is 1. The molecular weight excluding hydrogens is 236 g/mol. The summed E-state index contributed by atoms with van der Waals surface area (Å²) in [6.45, 7) is 2.01. The third kappa shape index (κ3) is 3.85. The highest BCUT2D eigenvalue weighted by Crippen LogP contribution is 2.12. The van der Waals surface area contributed by atoms with Gasteiger partial charge in [-0.15, -0.1) is 0 Å². The van der Waals surface area contributed by atoms with Crippen molar-refractivity contribution in [2.45, 2.75) is 13.3 Å². The molecule has 1 aromatic rings. The molecule has 5 nitrogen and oxygen atoms in total. The molecule has 0 atom stereocenters. The standard InChI is InChI=1S/C13H16O5/c1-2-17-12(15)10-6-3-4-7-11(10)13(16)18-9-5-8-14/h3-4,6-7,14H,2,5,8-9H2,1H3. The number of hydrogen-bond donors (Lipinski definition) is 1. The van der Waals surface area contributed by atoms with Gasteiger partial charge in [0.15, 0.2) is 0 Å². The van der Waals surface area contributed by atoms with Gasteiger partial charge in [-0.25, -0.2) is 9.59 Å². The van der Waals surface area contributed by atoms with Gasteiger partial charge in [-0.2, -0.15) is 0 Å². The van der Waals surface area contributed by atoms with E-state index in [1.807, 2.05) is 0 Å². The molecule has 0 spiro atoms. The van der Waals surface area contributed by atoms with Gasteiger partial charge in [-0.05, 0) is 19.1 Å². The molecule has 0 fully saturated rings. The molecule has 5 heteroatoms. The second-order valence-corrected chi connectivity index (χ2v) is 3.48. The topological polar surface area (TPSA) is 72.8 Å². The van der Waals surface area contributed by atoms with Crippen LogP contribution in [0.4, 0.5) is 0 Å². The first-order chi connectivity index (χ1) is 8.70. The predicted molar refractivity (Wildman–Crippen MR) is 64.4 cm³/mol. The number of carbonyl (C=O) groups excluding carboxylic acids is 2. The van der Waals surface area contributed by atoms with Crippen molar-refractivity contribution in [3.63, 3.8) is 0 Å². The third-order valence-electron chi connectivity index (χ3n) is 2.18. The summed E-state index contributed by atoms with van der Waals surface area (Å²) in [5.74, 6) is -1.14. The summed E-state index contributed by atoms with van der Waals surface area (Å²) in [5.41, 5.74) is 0.363. The maximum atomic E-state index is 11.7. The van der Waals surface area contributed by atoms with Crippen LogP contribution in [0.25, 0.3) is 0 Å². The normalized spacial score (nSPS) is 9.89. The first-order valence-electron chi connectivity index (χ1n) is 5.74. The van der Waals surface area contributed by atoms with Crippen LogP contribution >= 0.6 is 0 Å². The van der Waals surface area contributed by atoms with E-state index in [9.17, 15) is 9.59 Å². The van der Waals surface area contributed by atoms with Gasteiger partial charge in [0, 0.05) is 13.0 Å². The maximum absolute atomic E-state index is 11.7. The van der Waals surface area contributed by atoms with Crippen molar-refractivity contribution in [2.75, 3.05) is 19.8 Å². The van der Waals surface area contributed by atoms with E-state index in [4.69, 9.17) is 14.6 Å². The summed E-state index contributed by atoms with van der Waals surface area (Å²) < 4.78 is 9.79. The van der Waals surface area contributed by atoms with E-state index in [0.29, 0.717) is 6.42 Å². The van der Waals surface area contributed by atoms with Crippen LogP contribution in [0.5, 0.6) is 0 Å². The number of carbonyl (C=O) groups is 2. The van der Waals surface area contributed by atoms with Crippen molar-refractivity contribution in [1.29, 1.82) is 0 Å². The van der Waals surface area contributed by atoms with Crippen molar-refractivity contribution in [3.05, 3.63) is 35.4 Å². The molecule has 98 valence electrons. The minimum absolute atomic E-state index is 0.0488. The molecule has 0 amide bonds. The average molecular weight is 252 g/mol. The minimum atomic E-state index is -0.591. The summed E-state index contributed by atoms with van der Waals surface area (Å²) >= 11 is 0. The first kappa shape index (κ1) is 14.2. The van der Waals surface area contributed by atoms with Gasteiger partial charge in [0.25, 0.3) is 0 Å². The van der Waals surface area contributed by atoms with Gasteiger partial charge in [0.2, 0.25) is 0 Å². The molecule has 0 aromatic heterocycles. The lowest BCUT2D eigenvalue weighted by Crippen LogP contribution is -2.14. The number of ether oxygens (including phenoxy) is 2. The number of benzene rings is 1. The van der Waals surface area contributed by atoms with Gasteiger partial charge in [-0.3, -0.25) is 0 Å². The molecule has 0 unspecified atom stereocenters. The monoisotopic (exact) mass is 252 g/mol. The zero-order chi connectivity index (χ0) is 13.4. The van der Waals surface area contributed by atoms with Gasteiger partial charge >= 0.3 is 11.9 Å².